The van der Waals surface area contributed by atoms with Crippen molar-refractivity contribution in [2.75, 3.05) is 0 Å². The second-order valence-corrected chi connectivity index (χ2v) is 11.5. The van der Waals surface area contributed by atoms with Crippen LogP contribution in [0.4, 0.5) is 0 Å². The van der Waals surface area contributed by atoms with E-state index in [2.05, 4.69) is 37.3 Å². The molecule has 1 heterocycles. The van der Waals surface area contributed by atoms with Crippen LogP contribution in [0.2, 0.25) is 10.0 Å². The summed E-state index contributed by atoms with van der Waals surface area (Å²) in [6.07, 6.45) is 1.70. The van der Waals surface area contributed by atoms with E-state index in [0.29, 0.717) is 41.8 Å². The minimum absolute atomic E-state index is 0.226. The number of hydrogen-bond donors (Lipinski definition) is 1. The molecule has 0 bridgehead atoms. The molecule has 0 radical (unpaired) electrons. The van der Waals surface area contributed by atoms with Crippen molar-refractivity contribution in [1.82, 2.24) is 10.4 Å². The molecule has 1 fully saturated rings. The number of benzene rings is 3. The number of ether oxygens (including phenoxy) is 1. The Bertz CT molecular complexity index is 1330. The van der Waals surface area contributed by atoms with Gasteiger partial charge in [-0.15, -0.1) is 0 Å². The van der Waals surface area contributed by atoms with Gasteiger partial charge in [0.15, 0.2) is 4.32 Å². The van der Waals surface area contributed by atoms with Crippen LogP contribution in [0.1, 0.15) is 21.5 Å². The number of hydrazine groups is 1. The molecule has 0 atom stereocenters. The standard InChI is InChI=1S/C24H14Br2Cl2N2O3S2/c25-18-9-14(10-19(26)21(18)33-12-13-1-5-16(27)6-2-13)11-20-23(32)30(24(34)35-20)29-22(31)15-3-7-17(28)8-4-15/h1-11H,12H2,(H,29,31)/b20-11+. The third kappa shape index (κ3) is 6.47. The van der Waals surface area contributed by atoms with Crippen molar-refractivity contribution in [2.24, 2.45) is 0 Å². The van der Waals surface area contributed by atoms with E-state index in [0.717, 1.165) is 27.9 Å². The fourth-order valence-electron chi connectivity index (χ4n) is 3.02. The van der Waals surface area contributed by atoms with E-state index in [-0.39, 0.29) is 4.32 Å². The summed E-state index contributed by atoms with van der Waals surface area (Å²) in [5.74, 6) is -0.260. The monoisotopic (exact) mass is 670 g/mol. The van der Waals surface area contributed by atoms with Crippen LogP contribution in [0.15, 0.2) is 74.5 Å². The third-order valence-electron chi connectivity index (χ3n) is 4.73. The molecule has 1 saturated heterocycles. The first-order chi connectivity index (χ1) is 16.7. The third-order valence-corrected chi connectivity index (χ3v) is 7.71. The van der Waals surface area contributed by atoms with E-state index >= 15 is 0 Å². The van der Waals surface area contributed by atoms with E-state index in [1.807, 2.05) is 36.4 Å². The van der Waals surface area contributed by atoms with Gasteiger partial charge in [0, 0.05) is 15.6 Å². The van der Waals surface area contributed by atoms with Gasteiger partial charge in [-0.3, -0.25) is 15.0 Å². The highest BCUT2D eigenvalue weighted by Crippen LogP contribution is 2.38. The lowest BCUT2D eigenvalue weighted by molar-refractivity contribution is -0.123. The Hall–Kier alpha value is -1.88. The van der Waals surface area contributed by atoms with Crippen LogP contribution in [0, 0.1) is 0 Å². The van der Waals surface area contributed by atoms with E-state index in [4.69, 9.17) is 40.2 Å². The van der Waals surface area contributed by atoms with Crippen LogP contribution in [-0.4, -0.2) is 21.1 Å². The Labute approximate surface area is 238 Å². The Morgan fingerprint density at radius 3 is 2.20 bits per heavy atom. The number of thiocarbonyl (C=S) groups is 1. The first kappa shape index (κ1) is 26.2. The quantitative estimate of drug-likeness (QED) is 0.216. The van der Waals surface area contributed by atoms with Crippen LogP contribution in [-0.2, 0) is 11.4 Å². The van der Waals surface area contributed by atoms with Gasteiger partial charge in [0.25, 0.3) is 11.8 Å². The zero-order valence-corrected chi connectivity index (χ0v) is 23.9. The summed E-state index contributed by atoms with van der Waals surface area (Å²) < 4.78 is 7.59. The van der Waals surface area contributed by atoms with Gasteiger partial charge in [-0.05, 0) is 110 Å². The van der Waals surface area contributed by atoms with E-state index in [9.17, 15) is 9.59 Å². The SMILES string of the molecule is O=C(NN1C(=O)/C(=C\c2cc(Br)c(OCc3ccc(Cl)cc3)c(Br)c2)SC1=S)c1ccc(Cl)cc1. The number of amides is 2. The zero-order valence-electron chi connectivity index (χ0n) is 17.6. The first-order valence-corrected chi connectivity index (χ1v) is 13.5. The average Bonchev–Trinajstić information content (AvgIpc) is 3.07. The van der Waals surface area contributed by atoms with Crippen molar-refractivity contribution in [3.63, 3.8) is 0 Å². The van der Waals surface area contributed by atoms with Crippen molar-refractivity contribution in [2.45, 2.75) is 6.61 Å². The fourth-order valence-corrected chi connectivity index (χ4v) is 5.90. The number of nitrogens with one attached hydrogen (secondary N) is 1. The molecule has 3 aromatic rings. The minimum Gasteiger partial charge on any atom is -0.487 e. The second kappa shape index (κ2) is 11.5. The second-order valence-electron chi connectivity index (χ2n) is 7.19. The molecule has 0 aliphatic carbocycles. The van der Waals surface area contributed by atoms with Gasteiger partial charge in [0.1, 0.15) is 12.4 Å². The van der Waals surface area contributed by atoms with Gasteiger partial charge in [-0.2, -0.15) is 5.01 Å². The summed E-state index contributed by atoms with van der Waals surface area (Å²) in [5, 5.41) is 2.24. The Morgan fingerprint density at radius 2 is 1.60 bits per heavy atom. The number of carbonyl (C=O) groups excluding carboxylic acids is 2. The molecule has 0 spiro atoms. The van der Waals surface area contributed by atoms with E-state index in [1.165, 1.54) is 0 Å². The highest BCUT2D eigenvalue weighted by molar-refractivity contribution is 9.11. The van der Waals surface area contributed by atoms with Crippen LogP contribution in [0.5, 0.6) is 5.75 Å². The molecule has 3 aromatic carbocycles. The molecule has 1 N–H and O–H groups in total. The predicted molar refractivity (Wildman–Crippen MR) is 152 cm³/mol. The number of halogens is 4. The molecule has 0 unspecified atom stereocenters. The van der Waals surface area contributed by atoms with Crippen LogP contribution in [0.3, 0.4) is 0 Å². The number of thioether (sulfide) groups is 1. The van der Waals surface area contributed by atoms with E-state index < -0.39 is 11.8 Å². The smallest absolute Gasteiger partial charge is 0.285 e. The van der Waals surface area contributed by atoms with Crippen molar-refractivity contribution in [1.29, 1.82) is 0 Å². The van der Waals surface area contributed by atoms with Gasteiger partial charge in [-0.1, -0.05) is 47.1 Å². The summed E-state index contributed by atoms with van der Waals surface area (Å²) in [7, 11) is 0. The van der Waals surface area contributed by atoms with Crippen LogP contribution >= 0.6 is 79.0 Å². The maximum absolute atomic E-state index is 12.9. The van der Waals surface area contributed by atoms with Crippen molar-refractivity contribution in [3.05, 3.63) is 101 Å². The average molecular weight is 673 g/mol. The number of carbonyl (C=O) groups is 2. The lowest BCUT2D eigenvalue weighted by Gasteiger charge is -2.15. The topological polar surface area (TPSA) is 58.6 Å². The maximum atomic E-state index is 12.9. The van der Waals surface area contributed by atoms with Crippen LogP contribution in [0.25, 0.3) is 6.08 Å². The summed E-state index contributed by atoms with van der Waals surface area (Å²) in [4.78, 5) is 25.8. The van der Waals surface area contributed by atoms with Crippen molar-refractivity contribution in [3.8, 4) is 5.75 Å². The molecule has 0 aromatic heterocycles. The number of hydrogen-bond acceptors (Lipinski definition) is 5. The first-order valence-electron chi connectivity index (χ1n) is 9.92. The molecule has 1 aliphatic heterocycles. The van der Waals surface area contributed by atoms with E-state index in [1.54, 1.807) is 30.3 Å². The lowest BCUT2D eigenvalue weighted by atomic mass is 10.2. The molecule has 4 rings (SSSR count). The molecule has 178 valence electrons. The molecular weight excluding hydrogens is 659 g/mol. The number of nitrogens with zero attached hydrogens (tertiary/aromatic N) is 1. The molecule has 1 aliphatic rings. The predicted octanol–water partition coefficient (Wildman–Crippen LogP) is 7.64. The molecule has 5 nitrogen and oxygen atoms in total. The highest BCUT2D eigenvalue weighted by Gasteiger charge is 2.34. The maximum Gasteiger partial charge on any atom is 0.285 e. The summed E-state index contributed by atoms with van der Waals surface area (Å²) in [6.45, 7) is 0.361. The van der Waals surface area contributed by atoms with Gasteiger partial charge in [0.2, 0.25) is 0 Å². The fraction of sp³-hybridized carbons (Fsp3) is 0.0417. The summed E-state index contributed by atoms with van der Waals surface area (Å²) in [5.41, 5.74) is 4.62. The Morgan fingerprint density at radius 1 is 1.03 bits per heavy atom. The normalized spacial score (nSPS) is 14.5. The van der Waals surface area contributed by atoms with Gasteiger partial charge >= 0.3 is 0 Å². The Balaban J connectivity index is 1.47. The molecule has 11 heteroatoms. The molecule has 35 heavy (non-hydrogen) atoms. The van der Waals surface area contributed by atoms with Crippen LogP contribution < -0.4 is 10.2 Å². The summed E-state index contributed by atoms with van der Waals surface area (Å²) in [6, 6.07) is 17.4. The highest BCUT2D eigenvalue weighted by atomic mass is 79.9. The Kier molecular flexibility index (Phi) is 8.57. The largest absolute Gasteiger partial charge is 0.487 e. The van der Waals surface area contributed by atoms with Crippen molar-refractivity contribution < 1.29 is 14.3 Å². The van der Waals surface area contributed by atoms with Gasteiger partial charge < -0.3 is 4.74 Å². The summed E-state index contributed by atoms with van der Waals surface area (Å²) >= 11 is 25.3. The van der Waals surface area contributed by atoms with Gasteiger partial charge in [-0.25, -0.2) is 0 Å². The molecule has 0 saturated carbocycles. The minimum atomic E-state index is -0.466. The number of rotatable bonds is 6. The molecular formula is C24H14Br2Cl2N2O3S2. The lowest BCUT2D eigenvalue weighted by Crippen LogP contribution is -2.44. The van der Waals surface area contributed by atoms with Gasteiger partial charge in [0.05, 0.1) is 13.9 Å². The zero-order chi connectivity index (χ0) is 25.1. The molecule has 2 amide bonds. The van der Waals surface area contributed by atoms with Crippen molar-refractivity contribution >= 4 is 101 Å².